The molecule has 8 nitrogen and oxygen atoms in total. The van der Waals surface area contributed by atoms with Gasteiger partial charge in [-0.25, -0.2) is 13.1 Å². The van der Waals surface area contributed by atoms with Crippen LogP contribution in [0.3, 0.4) is 0 Å². The predicted octanol–water partition coefficient (Wildman–Crippen LogP) is -0.878. The van der Waals surface area contributed by atoms with Crippen LogP contribution in [0.25, 0.3) is 0 Å². The van der Waals surface area contributed by atoms with E-state index in [0.29, 0.717) is 0 Å². The minimum absolute atomic E-state index is 0.137. The van der Waals surface area contributed by atoms with Crippen molar-refractivity contribution in [2.45, 2.75) is 24.2 Å². The van der Waals surface area contributed by atoms with Crippen molar-refractivity contribution in [3.8, 4) is 0 Å². The summed E-state index contributed by atoms with van der Waals surface area (Å²) >= 11 is 0.775. The number of sulfonamides is 1. The number of carbonyl (C=O) groups excluding carboxylic acids is 1. The lowest BCUT2D eigenvalue weighted by molar-refractivity contribution is -0.114. The summed E-state index contributed by atoms with van der Waals surface area (Å²) in [5, 5.41) is 9.52. The van der Waals surface area contributed by atoms with Gasteiger partial charge in [-0.15, -0.1) is 10.2 Å². The van der Waals surface area contributed by atoms with Gasteiger partial charge in [0.25, 0.3) is 10.0 Å². The summed E-state index contributed by atoms with van der Waals surface area (Å²) in [5.41, 5.74) is 5.31. The summed E-state index contributed by atoms with van der Waals surface area (Å²) in [7, 11) is -3.72. The van der Waals surface area contributed by atoms with E-state index in [1.54, 1.807) is 6.92 Å². The molecule has 0 saturated heterocycles. The molecular weight excluding hydrogens is 266 g/mol. The fourth-order valence-electron chi connectivity index (χ4n) is 0.883. The molecule has 0 aliphatic heterocycles. The van der Waals surface area contributed by atoms with Crippen LogP contribution in [0, 0.1) is 0 Å². The Kier molecular flexibility index (Phi) is 4.51. The molecule has 1 heterocycles. The smallest absolute Gasteiger partial charge is 0.270 e. The predicted molar refractivity (Wildman–Crippen MR) is 63.1 cm³/mol. The number of rotatable bonds is 5. The normalized spacial score (nSPS) is 13.4. The van der Waals surface area contributed by atoms with E-state index in [9.17, 15) is 13.2 Å². The van der Waals surface area contributed by atoms with Crippen LogP contribution in [0.2, 0.25) is 0 Å². The molecular formula is C7H13N5O3S2. The first kappa shape index (κ1) is 14.0. The Hall–Kier alpha value is -1.10. The SMILES string of the molecule is CC(=O)Nc1nnc(S(=O)(=O)NC(C)CN)s1. The Morgan fingerprint density at radius 1 is 1.53 bits per heavy atom. The lowest BCUT2D eigenvalue weighted by Gasteiger charge is -2.08. The molecule has 0 aliphatic carbocycles. The molecule has 1 atom stereocenters. The van der Waals surface area contributed by atoms with E-state index in [-0.39, 0.29) is 21.9 Å². The Morgan fingerprint density at radius 3 is 2.71 bits per heavy atom. The van der Waals surface area contributed by atoms with Crippen molar-refractivity contribution in [2.24, 2.45) is 5.73 Å². The maximum atomic E-state index is 11.7. The van der Waals surface area contributed by atoms with Gasteiger partial charge in [0.15, 0.2) is 0 Å². The van der Waals surface area contributed by atoms with E-state index in [0.717, 1.165) is 11.3 Å². The largest absolute Gasteiger partial charge is 0.329 e. The number of nitrogens with zero attached hydrogens (tertiary/aromatic N) is 2. The van der Waals surface area contributed by atoms with Crippen LogP contribution in [0.15, 0.2) is 4.34 Å². The summed E-state index contributed by atoms with van der Waals surface area (Å²) in [5.74, 6) is -0.339. The molecule has 1 amide bonds. The summed E-state index contributed by atoms with van der Waals surface area (Å²) in [6, 6.07) is -0.395. The van der Waals surface area contributed by atoms with Gasteiger partial charge in [0.05, 0.1) is 0 Å². The van der Waals surface area contributed by atoms with E-state index in [2.05, 4.69) is 20.2 Å². The first-order chi connectivity index (χ1) is 7.85. The Balaban J connectivity index is 2.85. The highest BCUT2D eigenvalue weighted by Gasteiger charge is 2.22. The van der Waals surface area contributed by atoms with E-state index in [1.807, 2.05) is 0 Å². The van der Waals surface area contributed by atoms with Crippen molar-refractivity contribution in [1.82, 2.24) is 14.9 Å². The van der Waals surface area contributed by atoms with Crippen molar-refractivity contribution >= 4 is 32.4 Å². The van der Waals surface area contributed by atoms with E-state index < -0.39 is 16.1 Å². The highest BCUT2D eigenvalue weighted by Crippen LogP contribution is 2.19. The van der Waals surface area contributed by atoms with Gasteiger partial charge in [-0.3, -0.25) is 4.79 Å². The minimum Gasteiger partial charge on any atom is -0.329 e. The summed E-state index contributed by atoms with van der Waals surface area (Å²) in [6.07, 6.45) is 0. The lowest BCUT2D eigenvalue weighted by atomic mass is 10.4. The van der Waals surface area contributed by atoms with Gasteiger partial charge < -0.3 is 11.1 Å². The van der Waals surface area contributed by atoms with Gasteiger partial charge in [0, 0.05) is 19.5 Å². The third-order valence-corrected chi connectivity index (χ3v) is 4.42. The Labute approximate surface area is 103 Å². The van der Waals surface area contributed by atoms with Crippen LogP contribution in [-0.2, 0) is 14.8 Å². The molecule has 0 saturated carbocycles. The van der Waals surface area contributed by atoms with E-state index >= 15 is 0 Å². The molecule has 0 spiro atoms. The number of nitrogens with two attached hydrogens (primary N) is 1. The molecule has 0 radical (unpaired) electrons. The number of aromatic nitrogens is 2. The highest BCUT2D eigenvalue weighted by atomic mass is 32.2. The van der Waals surface area contributed by atoms with Crippen LogP contribution in [0.4, 0.5) is 5.13 Å². The van der Waals surface area contributed by atoms with Gasteiger partial charge in [-0.2, -0.15) is 0 Å². The van der Waals surface area contributed by atoms with Crippen molar-refractivity contribution in [3.05, 3.63) is 0 Å². The fourth-order valence-corrected chi connectivity index (χ4v) is 3.10. The zero-order chi connectivity index (χ0) is 13.1. The van der Waals surface area contributed by atoms with Crippen LogP contribution < -0.4 is 15.8 Å². The standard InChI is InChI=1S/C7H13N5O3S2/c1-4(3-8)12-17(14,15)7-11-10-6(16-7)9-5(2)13/h4,12H,3,8H2,1-2H3,(H,9,10,13). The van der Waals surface area contributed by atoms with Crippen molar-refractivity contribution in [1.29, 1.82) is 0 Å². The van der Waals surface area contributed by atoms with E-state index in [1.165, 1.54) is 6.92 Å². The second kappa shape index (κ2) is 5.49. The summed E-state index contributed by atoms with van der Waals surface area (Å²) in [4.78, 5) is 10.7. The molecule has 10 heteroatoms. The third kappa shape index (κ3) is 4.00. The minimum atomic E-state index is -3.72. The Morgan fingerprint density at radius 2 is 2.18 bits per heavy atom. The quantitative estimate of drug-likeness (QED) is 0.601. The van der Waals surface area contributed by atoms with Gasteiger partial charge in [0.2, 0.25) is 15.4 Å². The lowest BCUT2D eigenvalue weighted by Crippen LogP contribution is -2.37. The van der Waals surface area contributed by atoms with Crippen LogP contribution >= 0.6 is 11.3 Å². The molecule has 1 aromatic rings. The third-order valence-electron chi connectivity index (χ3n) is 1.63. The molecule has 1 rings (SSSR count). The Bertz CT molecular complexity index is 497. The fraction of sp³-hybridized carbons (Fsp3) is 0.571. The first-order valence-corrected chi connectivity index (χ1v) is 6.98. The molecule has 17 heavy (non-hydrogen) atoms. The maximum absolute atomic E-state index is 11.7. The summed E-state index contributed by atoms with van der Waals surface area (Å²) < 4.78 is 25.6. The molecule has 0 fully saturated rings. The molecule has 0 aliphatic rings. The van der Waals surface area contributed by atoms with Gasteiger partial charge in [-0.05, 0) is 6.92 Å². The summed E-state index contributed by atoms with van der Waals surface area (Å²) in [6.45, 7) is 3.11. The number of amides is 1. The average Bonchev–Trinajstić information content (AvgIpc) is 2.65. The van der Waals surface area contributed by atoms with Crippen LogP contribution in [0.1, 0.15) is 13.8 Å². The number of hydrogen-bond donors (Lipinski definition) is 3. The van der Waals surface area contributed by atoms with Crippen LogP contribution in [-0.4, -0.2) is 37.1 Å². The van der Waals surface area contributed by atoms with E-state index in [4.69, 9.17) is 5.73 Å². The molecule has 1 aromatic heterocycles. The molecule has 1 unspecified atom stereocenters. The number of hydrogen-bond acceptors (Lipinski definition) is 7. The van der Waals surface area contributed by atoms with Gasteiger partial charge in [-0.1, -0.05) is 11.3 Å². The zero-order valence-corrected chi connectivity index (χ0v) is 10.9. The monoisotopic (exact) mass is 279 g/mol. The topological polar surface area (TPSA) is 127 Å². The number of nitrogens with one attached hydrogen (secondary N) is 2. The number of carbonyl (C=O) groups is 1. The number of anilines is 1. The zero-order valence-electron chi connectivity index (χ0n) is 9.30. The van der Waals surface area contributed by atoms with Crippen molar-refractivity contribution in [2.75, 3.05) is 11.9 Å². The second-order valence-corrected chi connectivity index (χ2v) is 6.18. The second-order valence-electron chi connectivity index (χ2n) is 3.31. The van der Waals surface area contributed by atoms with Gasteiger partial charge >= 0.3 is 0 Å². The maximum Gasteiger partial charge on any atom is 0.270 e. The highest BCUT2D eigenvalue weighted by molar-refractivity contribution is 7.91. The molecule has 4 N–H and O–H groups in total. The molecule has 96 valence electrons. The molecule has 0 aromatic carbocycles. The average molecular weight is 279 g/mol. The van der Waals surface area contributed by atoms with Crippen molar-refractivity contribution < 1.29 is 13.2 Å². The molecule has 0 bridgehead atoms. The first-order valence-electron chi connectivity index (χ1n) is 4.68. The van der Waals surface area contributed by atoms with Gasteiger partial charge in [0.1, 0.15) is 0 Å². The van der Waals surface area contributed by atoms with Crippen LogP contribution in [0.5, 0.6) is 0 Å². The van der Waals surface area contributed by atoms with Crippen molar-refractivity contribution in [3.63, 3.8) is 0 Å².